The van der Waals surface area contributed by atoms with Gasteiger partial charge < -0.3 is 9.57 Å². The first-order valence-corrected chi connectivity index (χ1v) is 6.10. The van der Waals surface area contributed by atoms with Crippen LogP contribution in [0.4, 0.5) is 0 Å². The molecule has 5 heteroatoms. The van der Waals surface area contributed by atoms with Gasteiger partial charge in [0.1, 0.15) is 0 Å². The molecule has 2 aliphatic rings. The molecule has 0 aliphatic carbocycles. The molecule has 0 aromatic rings. The Morgan fingerprint density at radius 1 is 1.06 bits per heavy atom. The largest absolute Gasteiger partial charge is 0.379 e. The van der Waals surface area contributed by atoms with E-state index in [0.29, 0.717) is 6.54 Å². The summed E-state index contributed by atoms with van der Waals surface area (Å²) in [6, 6.07) is 0. The maximum atomic E-state index is 11.6. The van der Waals surface area contributed by atoms with Crippen LogP contribution in [-0.4, -0.2) is 61.9 Å². The number of carbonyl (C=O) groups is 1. The fraction of sp³-hybridized carbons (Fsp3) is 0.909. The highest BCUT2D eigenvalue weighted by Crippen LogP contribution is 2.09. The fourth-order valence-electron chi connectivity index (χ4n) is 2.07. The summed E-state index contributed by atoms with van der Waals surface area (Å²) in [4.78, 5) is 19.0. The van der Waals surface area contributed by atoms with Crippen LogP contribution in [0.1, 0.15) is 19.3 Å². The van der Waals surface area contributed by atoms with Crippen LogP contribution in [0, 0.1) is 0 Å². The summed E-state index contributed by atoms with van der Waals surface area (Å²) < 4.78 is 5.23. The standard InChI is InChI=1S/C11H20N2O3/c14-11(10-12-6-8-15-9-7-12)16-13-4-2-1-3-5-13/h1-10H2. The van der Waals surface area contributed by atoms with E-state index in [9.17, 15) is 4.79 Å². The SMILES string of the molecule is O=C(CN1CCOCC1)ON1CCCCC1. The Morgan fingerprint density at radius 2 is 1.75 bits per heavy atom. The van der Waals surface area contributed by atoms with Crippen molar-refractivity contribution in [3.8, 4) is 0 Å². The summed E-state index contributed by atoms with van der Waals surface area (Å²) >= 11 is 0. The van der Waals surface area contributed by atoms with E-state index in [1.807, 2.05) is 0 Å². The van der Waals surface area contributed by atoms with Crippen molar-refractivity contribution in [1.82, 2.24) is 9.96 Å². The van der Waals surface area contributed by atoms with Crippen LogP contribution in [-0.2, 0) is 14.4 Å². The van der Waals surface area contributed by atoms with Gasteiger partial charge in [-0.2, -0.15) is 0 Å². The quantitative estimate of drug-likeness (QED) is 0.693. The Morgan fingerprint density at radius 3 is 2.44 bits per heavy atom. The van der Waals surface area contributed by atoms with Crippen molar-refractivity contribution in [2.75, 3.05) is 45.9 Å². The number of ether oxygens (including phenoxy) is 1. The lowest BCUT2D eigenvalue weighted by Crippen LogP contribution is -2.42. The zero-order valence-corrected chi connectivity index (χ0v) is 9.69. The molecule has 0 radical (unpaired) electrons. The van der Waals surface area contributed by atoms with Gasteiger partial charge in [0, 0.05) is 26.2 Å². The molecule has 2 saturated heterocycles. The second kappa shape index (κ2) is 6.18. The minimum atomic E-state index is -0.135. The Kier molecular flexibility index (Phi) is 4.56. The van der Waals surface area contributed by atoms with E-state index in [1.54, 1.807) is 5.06 Å². The average molecular weight is 228 g/mol. The predicted molar refractivity (Wildman–Crippen MR) is 58.8 cm³/mol. The van der Waals surface area contributed by atoms with Crippen molar-refractivity contribution in [2.45, 2.75) is 19.3 Å². The summed E-state index contributed by atoms with van der Waals surface area (Å²) in [6.45, 7) is 5.25. The molecule has 5 nitrogen and oxygen atoms in total. The van der Waals surface area contributed by atoms with Gasteiger partial charge in [0.05, 0.1) is 19.8 Å². The van der Waals surface area contributed by atoms with E-state index >= 15 is 0 Å². The lowest BCUT2D eigenvalue weighted by Gasteiger charge is -2.28. The number of rotatable bonds is 3. The average Bonchev–Trinajstić information content (AvgIpc) is 2.31. The molecular formula is C11H20N2O3. The molecule has 2 aliphatic heterocycles. The second-order valence-corrected chi connectivity index (χ2v) is 4.34. The summed E-state index contributed by atoms with van der Waals surface area (Å²) in [5.41, 5.74) is 0. The number of piperidine rings is 1. The Balaban J connectivity index is 1.66. The highest BCUT2D eigenvalue weighted by molar-refractivity contribution is 5.71. The predicted octanol–water partition coefficient (Wildman–Crippen LogP) is 0.263. The molecule has 16 heavy (non-hydrogen) atoms. The van der Waals surface area contributed by atoms with Gasteiger partial charge >= 0.3 is 5.97 Å². The van der Waals surface area contributed by atoms with Crippen LogP contribution in [0.2, 0.25) is 0 Å². The van der Waals surface area contributed by atoms with Crippen LogP contribution in [0.15, 0.2) is 0 Å². The summed E-state index contributed by atoms with van der Waals surface area (Å²) in [7, 11) is 0. The Hall–Kier alpha value is -0.650. The molecule has 0 atom stereocenters. The van der Waals surface area contributed by atoms with Crippen LogP contribution in [0.3, 0.4) is 0 Å². The van der Waals surface area contributed by atoms with E-state index in [0.717, 1.165) is 52.2 Å². The van der Waals surface area contributed by atoms with Gasteiger partial charge in [-0.1, -0.05) is 6.42 Å². The van der Waals surface area contributed by atoms with Crippen molar-refractivity contribution < 1.29 is 14.4 Å². The summed E-state index contributed by atoms with van der Waals surface area (Å²) in [5, 5.41) is 1.80. The van der Waals surface area contributed by atoms with Crippen molar-refractivity contribution in [3.05, 3.63) is 0 Å². The molecule has 2 heterocycles. The second-order valence-electron chi connectivity index (χ2n) is 4.34. The molecule has 92 valence electrons. The molecule has 0 bridgehead atoms. The highest BCUT2D eigenvalue weighted by Gasteiger charge is 2.18. The minimum Gasteiger partial charge on any atom is -0.379 e. The molecule has 0 aromatic carbocycles. The number of hydrogen-bond acceptors (Lipinski definition) is 5. The van der Waals surface area contributed by atoms with Gasteiger partial charge in [0.2, 0.25) is 0 Å². The molecule has 0 unspecified atom stereocenters. The van der Waals surface area contributed by atoms with E-state index < -0.39 is 0 Å². The lowest BCUT2D eigenvalue weighted by molar-refractivity contribution is -0.196. The van der Waals surface area contributed by atoms with Gasteiger partial charge in [-0.3, -0.25) is 4.90 Å². The van der Waals surface area contributed by atoms with Crippen LogP contribution < -0.4 is 0 Å². The van der Waals surface area contributed by atoms with E-state index in [4.69, 9.17) is 9.57 Å². The molecule has 0 amide bonds. The van der Waals surface area contributed by atoms with Crippen LogP contribution in [0.25, 0.3) is 0 Å². The van der Waals surface area contributed by atoms with Crippen LogP contribution >= 0.6 is 0 Å². The molecule has 0 aromatic heterocycles. The summed E-state index contributed by atoms with van der Waals surface area (Å²) in [5.74, 6) is -0.135. The van der Waals surface area contributed by atoms with Gasteiger partial charge in [0.25, 0.3) is 0 Å². The highest BCUT2D eigenvalue weighted by atomic mass is 16.7. The third kappa shape index (κ3) is 3.73. The van der Waals surface area contributed by atoms with Crippen molar-refractivity contribution in [2.24, 2.45) is 0 Å². The number of hydrogen-bond donors (Lipinski definition) is 0. The van der Waals surface area contributed by atoms with Gasteiger partial charge in [-0.25, -0.2) is 4.79 Å². The Labute approximate surface area is 96.2 Å². The number of morpholine rings is 1. The first kappa shape index (κ1) is 11.8. The number of nitrogens with zero attached hydrogens (tertiary/aromatic N) is 2. The number of hydroxylamine groups is 2. The molecule has 0 N–H and O–H groups in total. The molecular weight excluding hydrogens is 208 g/mol. The zero-order valence-electron chi connectivity index (χ0n) is 9.69. The van der Waals surface area contributed by atoms with Crippen LogP contribution in [0.5, 0.6) is 0 Å². The summed E-state index contributed by atoms with van der Waals surface area (Å²) in [6.07, 6.45) is 3.51. The van der Waals surface area contributed by atoms with Crippen molar-refractivity contribution >= 4 is 5.97 Å². The van der Waals surface area contributed by atoms with Gasteiger partial charge in [-0.15, -0.1) is 5.06 Å². The van der Waals surface area contributed by atoms with Gasteiger partial charge in [0.15, 0.2) is 0 Å². The maximum absolute atomic E-state index is 11.6. The topological polar surface area (TPSA) is 42.0 Å². The zero-order chi connectivity index (χ0) is 11.2. The number of carbonyl (C=O) groups excluding carboxylic acids is 1. The monoisotopic (exact) mass is 228 g/mol. The first-order chi connectivity index (χ1) is 7.84. The third-order valence-corrected chi connectivity index (χ3v) is 3.00. The van der Waals surface area contributed by atoms with Crippen molar-refractivity contribution in [1.29, 1.82) is 0 Å². The molecule has 0 saturated carbocycles. The lowest BCUT2D eigenvalue weighted by atomic mass is 10.2. The third-order valence-electron chi connectivity index (χ3n) is 3.00. The van der Waals surface area contributed by atoms with E-state index in [2.05, 4.69) is 4.90 Å². The molecule has 2 fully saturated rings. The normalized spacial score (nSPS) is 24.2. The Bertz CT molecular complexity index is 201. The van der Waals surface area contributed by atoms with Crippen molar-refractivity contribution in [3.63, 3.8) is 0 Å². The smallest absolute Gasteiger partial charge is 0.339 e. The van der Waals surface area contributed by atoms with E-state index in [-0.39, 0.29) is 5.97 Å². The first-order valence-electron chi connectivity index (χ1n) is 6.10. The fourth-order valence-corrected chi connectivity index (χ4v) is 2.07. The molecule has 0 spiro atoms. The minimum absolute atomic E-state index is 0.135. The van der Waals surface area contributed by atoms with E-state index in [1.165, 1.54) is 6.42 Å². The van der Waals surface area contributed by atoms with Gasteiger partial charge in [-0.05, 0) is 12.8 Å². The maximum Gasteiger partial charge on any atom is 0.339 e. The molecule has 2 rings (SSSR count).